The van der Waals surface area contributed by atoms with E-state index in [1.807, 2.05) is 41.5 Å². The van der Waals surface area contributed by atoms with Crippen LogP contribution in [-0.4, -0.2) is 32.7 Å². The van der Waals surface area contributed by atoms with Crippen LogP contribution in [0.3, 0.4) is 0 Å². The predicted octanol–water partition coefficient (Wildman–Crippen LogP) is 5.56. The second-order valence-electron chi connectivity index (χ2n) is 11.0. The van der Waals surface area contributed by atoms with Crippen LogP contribution in [0.4, 0.5) is 0 Å². The summed E-state index contributed by atoms with van der Waals surface area (Å²) in [4.78, 5) is 53.8. The molecule has 4 heterocycles. The molecule has 0 aromatic carbocycles. The summed E-state index contributed by atoms with van der Waals surface area (Å²) >= 11 is 18.4. The number of aromatic nitrogens is 3. The molecule has 3 atom stereocenters. The molecule has 0 saturated carbocycles. The van der Waals surface area contributed by atoms with Crippen LogP contribution in [0.2, 0.25) is 0 Å². The standard InChI is InChI=1S/C27H33Cl3N6O6/c1-10(2)16-25-34-20(13(7-28)40-25)23(38)32-18(12(5)6)27-36-21(15(9-30)42-27)24(39)33-17(11(3)4)26-35-19(22(37)31-16)14(8-29)41-26/h10-12,16-18H,7-9H2,1-6H3,(H,31,37)(H,32,38)(H,33,39)/t16-,17-,18-/m0/s1. The van der Waals surface area contributed by atoms with Crippen molar-refractivity contribution in [2.45, 2.75) is 77.3 Å². The van der Waals surface area contributed by atoms with E-state index in [1.54, 1.807) is 0 Å². The smallest absolute Gasteiger partial charge is 0.274 e. The highest BCUT2D eigenvalue weighted by Crippen LogP contribution is 2.31. The number of carbonyl (C=O) groups excluding carboxylic acids is 3. The number of rotatable bonds is 6. The molecule has 0 spiro atoms. The Morgan fingerprint density at radius 1 is 0.548 bits per heavy atom. The van der Waals surface area contributed by atoms with Crippen molar-refractivity contribution in [3.8, 4) is 0 Å². The van der Waals surface area contributed by atoms with Gasteiger partial charge >= 0.3 is 0 Å². The normalized spacial score (nSPS) is 20.0. The van der Waals surface area contributed by atoms with E-state index in [-0.39, 0.29) is 87.4 Å². The molecule has 0 fully saturated rings. The number of amides is 3. The van der Waals surface area contributed by atoms with Gasteiger partial charge in [0, 0.05) is 0 Å². The number of hydrogen-bond donors (Lipinski definition) is 3. The Hall–Kier alpha value is -3.09. The highest BCUT2D eigenvalue weighted by Gasteiger charge is 2.35. The van der Waals surface area contributed by atoms with E-state index in [1.165, 1.54) is 0 Å². The molecule has 3 aromatic heterocycles. The minimum absolute atomic E-state index is 0.0568. The summed E-state index contributed by atoms with van der Waals surface area (Å²) in [6.45, 7) is 11.1. The number of hydrogen-bond acceptors (Lipinski definition) is 9. The Morgan fingerprint density at radius 2 is 0.786 bits per heavy atom. The SMILES string of the molecule is CC(C)[C@@H]1NC(=O)c2nc(oc2CCl)[C@H](C(C)C)NC(=O)c2nc(oc2CCl)[C@H](C(C)C)NC(=O)c2nc1oc2CCl. The third-order valence-electron chi connectivity index (χ3n) is 6.81. The maximum Gasteiger partial charge on any atom is 0.274 e. The number of halogens is 3. The van der Waals surface area contributed by atoms with E-state index < -0.39 is 35.8 Å². The molecule has 4 rings (SSSR count). The molecule has 42 heavy (non-hydrogen) atoms. The van der Waals surface area contributed by atoms with Gasteiger partial charge in [-0.15, -0.1) is 34.8 Å². The van der Waals surface area contributed by atoms with Gasteiger partial charge in [0.15, 0.2) is 34.4 Å². The lowest BCUT2D eigenvalue weighted by molar-refractivity contribution is 0.0904. The van der Waals surface area contributed by atoms with Crippen molar-refractivity contribution in [2.24, 2.45) is 17.8 Å². The van der Waals surface area contributed by atoms with Crippen molar-refractivity contribution in [3.05, 3.63) is 52.0 Å². The summed E-state index contributed by atoms with van der Waals surface area (Å²) in [7, 11) is 0. The van der Waals surface area contributed by atoms with E-state index in [2.05, 4.69) is 30.9 Å². The molecule has 0 radical (unpaired) electrons. The van der Waals surface area contributed by atoms with Gasteiger partial charge in [0.2, 0.25) is 17.7 Å². The van der Waals surface area contributed by atoms with Crippen LogP contribution in [0.1, 0.15) is 126 Å². The van der Waals surface area contributed by atoms with Crippen molar-refractivity contribution in [1.82, 2.24) is 30.9 Å². The van der Waals surface area contributed by atoms with E-state index in [0.29, 0.717) is 0 Å². The summed E-state index contributed by atoms with van der Waals surface area (Å²) in [6, 6.07) is -2.28. The first-order chi connectivity index (χ1) is 19.9. The van der Waals surface area contributed by atoms with E-state index >= 15 is 0 Å². The van der Waals surface area contributed by atoms with Crippen molar-refractivity contribution in [1.29, 1.82) is 0 Å². The number of oxazole rings is 3. The molecule has 0 unspecified atom stereocenters. The van der Waals surface area contributed by atoms with Gasteiger partial charge in [0.05, 0.1) is 17.6 Å². The number of nitrogens with one attached hydrogen (secondary N) is 3. The van der Waals surface area contributed by atoms with Crippen LogP contribution in [0.25, 0.3) is 0 Å². The maximum atomic E-state index is 13.5. The molecule has 12 nitrogen and oxygen atoms in total. The molecule has 228 valence electrons. The average Bonchev–Trinajstić information content (AvgIpc) is 3.68. The van der Waals surface area contributed by atoms with Gasteiger partial charge in [-0.3, -0.25) is 14.4 Å². The molecule has 3 amide bonds. The van der Waals surface area contributed by atoms with Crippen LogP contribution in [0, 0.1) is 17.8 Å². The summed E-state index contributed by atoms with van der Waals surface area (Å²) in [5.74, 6) is -2.29. The van der Waals surface area contributed by atoms with Crippen LogP contribution in [-0.2, 0) is 17.6 Å². The number of nitrogens with zero attached hydrogens (tertiary/aromatic N) is 3. The first-order valence-corrected chi connectivity index (χ1v) is 15.1. The summed E-state index contributed by atoms with van der Waals surface area (Å²) in [5.41, 5.74) is -0.170. The van der Waals surface area contributed by atoms with E-state index in [0.717, 1.165) is 0 Å². The molecule has 0 saturated heterocycles. The van der Waals surface area contributed by atoms with Crippen LogP contribution in [0.5, 0.6) is 0 Å². The van der Waals surface area contributed by atoms with Gasteiger partial charge < -0.3 is 29.2 Å². The lowest BCUT2D eigenvalue weighted by atomic mass is 10.0. The average molecular weight is 644 g/mol. The zero-order chi connectivity index (χ0) is 30.9. The molecule has 6 bridgehead atoms. The lowest BCUT2D eigenvalue weighted by Crippen LogP contribution is -2.35. The predicted molar refractivity (Wildman–Crippen MR) is 153 cm³/mol. The maximum absolute atomic E-state index is 13.5. The van der Waals surface area contributed by atoms with Gasteiger partial charge in [-0.1, -0.05) is 41.5 Å². The second kappa shape index (κ2) is 13.0. The zero-order valence-corrected chi connectivity index (χ0v) is 26.3. The van der Waals surface area contributed by atoms with Crippen molar-refractivity contribution in [2.75, 3.05) is 0 Å². The monoisotopic (exact) mass is 642 g/mol. The lowest BCUT2D eigenvalue weighted by Gasteiger charge is -2.20. The summed E-state index contributed by atoms with van der Waals surface area (Å²) in [6.07, 6.45) is 0. The van der Waals surface area contributed by atoms with Crippen molar-refractivity contribution >= 4 is 52.5 Å². The fourth-order valence-corrected chi connectivity index (χ4v) is 5.03. The molecular weight excluding hydrogens is 611 g/mol. The molecule has 3 N–H and O–H groups in total. The second-order valence-corrected chi connectivity index (χ2v) is 11.8. The van der Waals surface area contributed by atoms with Crippen molar-refractivity contribution < 1.29 is 27.6 Å². The van der Waals surface area contributed by atoms with Crippen LogP contribution < -0.4 is 16.0 Å². The first kappa shape index (κ1) is 31.8. The van der Waals surface area contributed by atoms with Gasteiger partial charge in [-0.05, 0) is 17.8 Å². The molecular formula is C27H33Cl3N6O6. The highest BCUT2D eigenvalue weighted by atomic mass is 35.5. The topological polar surface area (TPSA) is 165 Å². The fourth-order valence-electron chi connectivity index (χ4n) is 4.48. The van der Waals surface area contributed by atoms with Gasteiger partial charge in [0.1, 0.15) is 18.1 Å². The quantitative estimate of drug-likeness (QED) is 0.292. The van der Waals surface area contributed by atoms with Gasteiger partial charge in [-0.25, -0.2) is 15.0 Å². The number of alkyl halides is 3. The molecule has 1 aliphatic heterocycles. The third kappa shape index (κ3) is 6.30. The Kier molecular flexibility index (Phi) is 9.89. The van der Waals surface area contributed by atoms with Gasteiger partial charge in [0.25, 0.3) is 17.7 Å². The van der Waals surface area contributed by atoms with Crippen LogP contribution >= 0.6 is 34.8 Å². The molecule has 1 aliphatic rings. The van der Waals surface area contributed by atoms with Gasteiger partial charge in [-0.2, -0.15) is 0 Å². The third-order valence-corrected chi connectivity index (χ3v) is 7.54. The molecule has 0 aliphatic carbocycles. The van der Waals surface area contributed by atoms with E-state index in [4.69, 9.17) is 48.1 Å². The summed E-state index contributed by atoms with van der Waals surface area (Å²) < 4.78 is 17.7. The minimum atomic E-state index is -0.759. The Morgan fingerprint density at radius 3 is 0.976 bits per heavy atom. The Labute approximate surface area is 257 Å². The highest BCUT2D eigenvalue weighted by molar-refractivity contribution is 6.18. The zero-order valence-electron chi connectivity index (χ0n) is 24.0. The fraction of sp³-hybridized carbons (Fsp3) is 0.556. The number of fused-ring (bicyclic) bond motifs is 6. The number of carbonyl (C=O) groups is 3. The van der Waals surface area contributed by atoms with E-state index in [9.17, 15) is 14.4 Å². The van der Waals surface area contributed by atoms with Crippen molar-refractivity contribution in [3.63, 3.8) is 0 Å². The Balaban J connectivity index is 1.91. The summed E-state index contributed by atoms with van der Waals surface area (Å²) in [5, 5.41) is 8.61. The first-order valence-electron chi connectivity index (χ1n) is 13.5. The largest absolute Gasteiger partial charge is 0.441 e. The molecule has 15 heteroatoms. The van der Waals surface area contributed by atoms with Crippen LogP contribution in [0.15, 0.2) is 13.3 Å². The minimum Gasteiger partial charge on any atom is -0.441 e. The Bertz CT molecular complexity index is 1290. The molecule has 3 aromatic rings.